The number of carbonyl (C=O) groups is 1. The monoisotopic (exact) mass is 257 g/mol. The maximum absolute atomic E-state index is 13.0. The van der Waals surface area contributed by atoms with Crippen LogP contribution in [0, 0.1) is 26.6 Å². The van der Waals surface area contributed by atoms with Gasteiger partial charge in [0.25, 0.3) is 5.91 Å². The summed E-state index contributed by atoms with van der Waals surface area (Å²) in [6, 6.07) is 9.99. The van der Waals surface area contributed by atoms with Crippen LogP contribution in [0.15, 0.2) is 36.4 Å². The number of hydrogen-bond acceptors (Lipinski definition) is 1. The van der Waals surface area contributed by atoms with Gasteiger partial charge in [-0.3, -0.25) is 4.79 Å². The van der Waals surface area contributed by atoms with Gasteiger partial charge in [-0.05, 0) is 56.7 Å². The molecule has 2 aromatic rings. The van der Waals surface area contributed by atoms with Crippen LogP contribution >= 0.6 is 0 Å². The summed E-state index contributed by atoms with van der Waals surface area (Å²) in [5.41, 5.74) is 4.03. The molecule has 2 aromatic carbocycles. The van der Waals surface area contributed by atoms with Crippen LogP contribution in [-0.4, -0.2) is 5.91 Å². The van der Waals surface area contributed by atoms with Crippen LogP contribution in [0.1, 0.15) is 27.0 Å². The molecule has 0 aliphatic rings. The molecule has 2 rings (SSSR count). The van der Waals surface area contributed by atoms with Gasteiger partial charge in [0.05, 0.1) is 0 Å². The van der Waals surface area contributed by atoms with Gasteiger partial charge in [0.1, 0.15) is 5.82 Å². The molecule has 0 unspecified atom stereocenters. The minimum absolute atomic E-state index is 0.179. The van der Waals surface area contributed by atoms with E-state index in [4.69, 9.17) is 0 Å². The molecule has 0 heterocycles. The van der Waals surface area contributed by atoms with E-state index in [2.05, 4.69) is 5.32 Å². The van der Waals surface area contributed by atoms with Crippen LogP contribution in [0.5, 0.6) is 0 Å². The van der Waals surface area contributed by atoms with Crippen LogP contribution in [0.3, 0.4) is 0 Å². The number of aryl methyl sites for hydroxylation is 3. The number of carbonyl (C=O) groups excluding carboxylic acids is 1. The Morgan fingerprint density at radius 2 is 1.63 bits per heavy atom. The second kappa shape index (κ2) is 5.22. The van der Waals surface area contributed by atoms with Crippen molar-refractivity contribution in [1.29, 1.82) is 0 Å². The Balaban J connectivity index is 2.25. The molecule has 1 amide bonds. The molecule has 2 nitrogen and oxygen atoms in total. The second-order valence-electron chi connectivity index (χ2n) is 4.79. The van der Waals surface area contributed by atoms with Crippen LogP contribution in [0.25, 0.3) is 0 Å². The van der Waals surface area contributed by atoms with Gasteiger partial charge in [-0.1, -0.05) is 17.2 Å². The fourth-order valence-corrected chi connectivity index (χ4v) is 2.07. The smallest absolute Gasteiger partial charge is 0.255 e. The summed E-state index contributed by atoms with van der Waals surface area (Å²) in [6.07, 6.45) is 0. The van der Waals surface area contributed by atoms with E-state index < -0.39 is 0 Å². The van der Waals surface area contributed by atoms with Gasteiger partial charge in [-0.15, -0.1) is 0 Å². The predicted molar refractivity (Wildman–Crippen MR) is 75.0 cm³/mol. The highest BCUT2D eigenvalue weighted by Crippen LogP contribution is 2.17. The first-order chi connectivity index (χ1) is 8.95. The number of benzene rings is 2. The van der Waals surface area contributed by atoms with Crippen molar-refractivity contribution in [2.45, 2.75) is 20.8 Å². The average molecular weight is 257 g/mol. The molecule has 98 valence electrons. The second-order valence-corrected chi connectivity index (χ2v) is 4.79. The third-order valence-electron chi connectivity index (χ3n) is 2.92. The minimum Gasteiger partial charge on any atom is -0.322 e. The number of nitrogens with one attached hydrogen (secondary N) is 1. The van der Waals surface area contributed by atoms with Gasteiger partial charge >= 0.3 is 0 Å². The summed E-state index contributed by atoms with van der Waals surface area (Å²) in [7, 11) is 0. The molecule has 0 aliphatic heterocycles. The van der Waals surface area contributed by atoms with Crippen LogP contribution in [-0.2, 0) is 0 Å². The van der Waals surface area contributed by atoms with Crippen molar-refractivity contribution in [2.24, 2.45) is 0 Å². The van der Waals surface area contributed by atoms with E-state index in [9.17, 15) is 9.18 Å². The maximum Gasteiger partial charge on any atom is 0.255 e. The normalized spacial score (nSPS) is 10.3. The Kier molecular flexibility index (Phi) is 3.65. The lowest BCUT2D eigenvalue weighted by molar-refractivity contribution is 0.102. The standard InChI is InChI=1S/C16H16FNO/c1-10-6-11(2)8-13(7-10)16(19)18-15-5-4-14(17)9-12(15)3/h4-9H,1-3H3,(H,18,19). The molecule has 0 bridgehead atoms. The van der Waals surface area contributed by atoms with Gasteiger partial charge in [-0.25, -0.2) is 4.39 Å². The first-order valence-corrected chi connectivity index (χ1v) is 6.11. The molecule has 0 aromatic heterocycles. The summed E-state index contributed by atoms with van der Waals surface area (Å²) in [6.45, 7) is 5.67. The Morgan fingerprint density at radius 1 is 1.00 bits per heavy atom. The molecule has 0 fully saturated rings. The molecule has 0 atom stereocenters. The molecular formula is C16H16FNO. The molecule has 0 spiro atoms. The van der Waals surface area contributed by atoms with Crippen molar-refractivity contribution in [2.75, 3.05) is 5.32 Å². The molecule has 0 saturated carbocycles. The van der Waals surface area contributed by atoms with E-state index in [-0.39, 0.29) is 11.7 Å². The SMILES string of the molecule is Cc1cc(C)cc(C(=O)Nc2ccc(F)cc2C)c1. The van der Waals surface area contributed by atoms with Crippen LogP contribution in [0.4, 0.5) is 10.1 Å². The van der Waals surface area contributed by atoms with Gasteiger partial charge in [0.15, 0.2) is 0 Å². The van der Waals surface area contributed by atoms with Crippen molar-refractivity contribution < 1.29 is 9.18 Å². The zero-order valence-electron chi connectivity index (χ0n) is 11.3. The Morgan fingerprint density at radius 3 is 2.21 bits per heavy atom. The topological polar surface area (TPSA) is 29.1 Å². The summed E-state index contributed by atoms with van der Waals surface area (Å²) in [5, 5.41) is 2.80. The summed E-state index contributed by atoms with van der Waals surface area (Å²) < 4.78 is 13.0. The fraction of sp³-hybridized carbons (Fsp3) is 0.188. The van der Waals surface area contributed by atoms with E-state index in [0.717, 1.165) is 11.1 Å². The highest BCUT2D eigenvalue weighted by atomic mass is 19.1. The predicted octanol–water partition coefficient (Wildman–Crippen LogP) is 4.00. The number of anilines is 1. The summed E-state index contributed by atoms with van der Waals surface area (Å²) in [4.78, 5) is 12.2. The van der Waals surface area contributed by atoms with Crippen molar-refractivity contribution in [3.8, 4) is 0 Å². The zero-order chi connectivity index (χ0) is 14.0. The fourth-order valence-electron chi connectivity index (χ4n) is 2.07. The number of amides is 1. The summed E-state index contributed by atoms with van der Waals surface area (Å²) in [5.74, 6) is -0.483. The van der Waals surface area contributed by atoms with E-state index in [0.29, 0.717) is 16.8 Å². The van der Waals surface area contributed by atoms with Crippen LogP contribution in [0.2, 0.25) is 0 Å². The lowest BCUT2D eigenvalue weighted by Gasteiger charge is -2.09. The molecule has 1 N–H and O–H groups in total. The molecule has 19 heavy (non-hydrogen) atoms. The Labute approximate surface area is 112 Å². The zero-order valence-corrected chi connectivity index (χ0v) is 11.3. The van der Waals surface area contributed by atoms with Crippen molar-refractivity contribution >= 4 is 11.6 Å². The maximum atomic E-state index is 13.0. The van der Waals surface area contributed by atoms with E-state index >= 15 is 0 Å². The highest BCUT2D eigenvalue weighted by molar-refractivity contribution is 6.04. The number of rotatable bonds is 2. The first-order valence-electron chi connectivity index (χ1n) is 6.11. The largest absolute Gasteiger partial charge is 0.322 e. The molecule has 0 radical (unpaired) electrons. The lowest BCUT2D eigenvalue weighted by atomic mass is 10.1. The number of halogens is 1. The summed E-state index contributed by atoms with van der Waals surface area (Å²) >= 11 is 0. The molecular weight excluding hydrogens is 241 g/mol. The number of hydrogen-bond donors (Lipinski definition) is 1. The van der Waals surface area contributed by atoms with E-state index in [1.165, 1.54) is 12.1 Å². The van der Waals surface area contributed by atoms with Gasteiger partial charge in [0.2, 0.25) is 0 Å². The molecule has 0 saturated heterocycles. The van der Waals surface area contributed by atoms with Gasteiger partial charge in [-0.2, -0.15) is 0 Å². The molecule has 0 aliphatic carbocycles. The van der Waals surface area contributed by atoms with Crippen molar-refractivity contribution in [1.82, 2.24) is 0 Å². The third-order valence-corrected chi connectivity index (χ3v) is 2.92. The minimum atomic E-state index is -0.304. The van der Waals surface area contributed by atoms with E-state index in [1.54, 1.807) is 13.0 Å². The molecule has 3 heteroatoms. The Bertz CT molecular complexity index is 614. The lowest BCUT2D eigenvalue weighted by Crippen LogP contribution is -2.13. The van der Waals surface area contributed by atoms with Crippen molar-refractivity contribution in [3.63, 3.8) is 0 Å². The quantitative estimate of drug-likeness (QED) is 0.865. The van der Waals surface area contributed by atoms with Gasteiger partial charge < -0.3 is 5.32 Å². The highest BCUT2D eigenvalue weighted by Gasteiger charge is 2.09. The van der Waals surface area contributed by atoms with Gasteiger partial charge in [0, 0.05) is 11.3 Å². The average Bonchev–Trinajstić information content (AvgIpc) is 2.31. The third kappa shape index (κ3) is 3.19. The Hall–Kier alpha value is -2.16. The van der Waals surface area contributed by atoms with E-state index in [1.807, 2.05) is 32.0 Å². The van der Waals surface area contributed by atoms with Crippen molar-refractivity contribution in [3.05, 3.63) is 64.5 Å². The van der Waals surface area contributed by atoms with Crippen LogP contribution < -0.4 is 5.32 Å². The first kappa shape index (κ1) is 13.3.